The SMILES string of the molecule is Cn1nnc(CC(=O)C2Cc3ccccc3C2)n1. The van der Waals surface area contributed by atoms with Crippen LogP contribution >= 0.6 is 0 Å². The molecule has 0 atom stereocenters. The van der Waals surface area contributed by atoms with Gasteiger partial charge in [0.15, 0.2) is 5.82 Å². The minimum atomic E-state index is 0.0752. The number of carbonyl (C=O) groups excluding carboxylic acids is 1. The molecule has 0 fully saturated rings. The lowest BCUT2D eigenvalue weighted by Crippen LogP contribution is -2.18. The Balaban J connectivity index is 1.69. The molecule has 1 aliphatic carbocycles. The number of Topliss-reactive ketones (excluding diaryl/α,β-unsaturated/α-hetero) is 1. The van der Waals surface area contributed by atoms with Crippen LogP contribution < -0.4 is 0 Å². The van der Waals surface area contributed by atoms with Crippen molar-refractivity contribution in [1.29, 1.82) is 0 Å². The highest BCUT2D eigenvalue weighted by Gasteiger charge is 2.27. The third kappa shape index (κ3) is 2.03. The molecule has 0 bridgehead atoms. The first-order chi connectivity index (χ1) is 8.72. The van der Waals surface area contributed by atoms with Gasteiger partial charge in [-0.15, -0.1) is 10.2 Å². The number of aromatic nitrogens is 4. The molecule has 0 amide bonds. The highest BCUT2D eigenvalue weighted by Crippen LogP contribution is 2.27. The average molecular weight is 242 g/mol. The quantitative estimate of drug-likeness (QED) is 0.796. The van der Waals surface area contributed by atoms with Crippen molar-refractivity contribution in [3.8, 4) is 0 Å². The summed E-state index contributed by atoms with van der Waals surface area (Å²) < 4.78 is 0. The smallest absolute Gasteiger partial charge is 0.182 e. The zero-order valence-corrected chi connectivity index (χ0v) is 10.2. The van der Waals surface area contributed by atoms with E-state index in [1.807, 2.05) is 12.1 Å². The number of ketones is 1. The molecule has 0 radical (unpaired) electrons. The van der Waals surface area contributed by atoms with Gasteiger partial charge in [-0.2, -0.15) is 4.80 Å². The molecule has 92 valence electrons. The minimum Gasteiger partial charge on any atom is -0.299 e. The van der Waals surface area contributed by atoms with Gasteiger partial charge in [-0.1, -0.05) is 24.3 Å². The van der Waals surface area contributed by atoms with Gasteiger partial charge in [0, 0.05) is 5.92 Å². The number of tetrazole rings is 1. The van der Waals surface area contributed by atoms with Crippen molar-refractivity contribution >= 4 is 5.78 Å². The van der Waals surface area contributed by atoms with Crippen LogP contribution in [-0.4, -0.2) is 26.0 Å². The molecule has 0 saturated heterocycles. The van der Waals surface area contributed by atoms with Crippen LogP contribution in [0.15, 0.2) is 24.3 Å². The van der Waals surface area contributed by atoms with E-state index in [0.29, 0.717) is 5.82 Å². The third-order valence-corrected chi connectivity index (χ3v) is 3.39. The van der Waals surface area contributed by atoms with Crippen molar-refractivity contribution in [1.82, 2.24) is 20.2 Å². The second kappa shape index (κ2) is 4.33. The average Bonchev–Trinajstić information content (AvgIpc) is 2.95. The fourth-order valence-corrected chi connectivity index (χ4v) is 2.48. The van der Waals surface area contributed by atoms with Gasteiger partial charge in [-0.25, -0.2) is 0 Å². The monoisotopic (exact) mass is 242 g/mol. The first-order valence-electron chi connectivity index (χ1n) is 6.05. The largest absolute Gasteiger partial charge is 0.299 e. The van der Waals surface area contributed by atoms with Crippen molar-refractivity contribution in [2.24, 2.45) is 13.0 Å². The van der Waals surface area contributed by atoms with E-state index in [1.54, 1.807) is 7.05 Å². The van der Waals surface area contributed by atoms with Gasteiger partial charge in [-0.3, -0.25) is 4.79 Å². The molecule has 18 heavy (non-hydrogen) atoms. The number of hydrogen-bond acceptors (Lipinski definition) is 4. The van der Waals surface area contributed by atoms with Gasteiger partial charge in [-0.05, 0) is 29.2 Å². The van der Waals surface area contributed by atoms with E-state index in [0.717, 1.165) is 12.8 Å². The van der Waals surface area contributed by atoms with Crippen molar-refractivity contribution < 1.29 is 4.79 Å². The maximum absolute atomic E-state index is 12.2. The van der Waals surface area contributed by atoms with Crippen LogP contribution in [-0.2, 0) is 31.1 Å². The van der Waals surface area contributed by atoms with Crippen LogP contribution in [0.3, 0.4) is 0 Å². The summed E-state index contributed by atoms with van der Waals surface area (Å²) in [6, 6.07) is 8.25. The van der Waals surface area contributed by atoms with Crippen molar-refractivity contribution in [3.63, 3.8) is 0 Å². The lowest BCUT2D eigenvalue weighted by atomic mass is 9.98. The van der Waals surface area contributed by atoms with E-state index in [1.165, 1.54) is 15.9 Å². The lowest BCUT2D eigenvalue weighted by Gasteiger charge is -2.05. The van der Waals surface area contributed by atoms with E-state index in [9.17, 15) is 4.79 Å². The van der Waals surface area contributed by atoms with Gasteiger partial charge in [0.05, 0.1) is 13.5 Å². The van der Waals surface area contributed by atoms with Crippen molar-refractivity contribution in [3.05, 3.63) is 41.2 Å². The first-order valence-corrected chi connectivity index (χ1v) is 6.05. The van der Waals surface area contributed by atoms with E-state index in [4.69, 9.17) is 0 Å². The zero-order valence-electron chi connectivity index (χ0n) is 10.2. The van der Waals surface area contributed by atoms with Crippen LogP contribution in [0.1, 0.15) is 17.0 Å². The Labute approximate surface area is 105 Å². The topological polar surface area (TPSA) is 60.7 Å². The van der Waals surface area contributed by atoms with Crippen LogP contribution in [0, 0.1) is 5.92 Å². The Morgan fingerprint density at radius 3 is 2.56 bits per heavy atom. The Hall–Kier alpha value is -2.04. The van der Waals surface area contributed by atoms with E-state index in [2.05, 4.69) is 27.5 Å². The summed E-state index contributed by atoms with van der Waals surface area (Å²) in [4.78, 5) is 13.6. The fourth-order valence-electron chi connectivity index (χ4n) is 2.48. The van der Waals surface area contributed by atoms with Gasteiger partial charge >= 0.3 is 0 Å². The Morgan fingerprint density at radius 1 is 1.33 bits per heavy atom. The molecule has 3 rings (SSSR count). The summed E-state index contributed by atoms with van der Waals surface area (Å²) in [5, 5.41) is 11.6. The van der Waals surface area contributed by atoms with Crippen LogP contribution in [0.2, 0.25) is 0 Å². The number of benzene rings is 1. The number of hydrogen-bond donors (Lipinski definition) is 0. The molecule has 0 unspecified atom stereocenters. The fraction of sp³-hybridized carbons (Fsp3) is 0.385. The number of fused-ring (bicyclic) bond motifs is 1. The molecule has 5 heteroatoms. The van der Waals surface area contributed by atoms with Crippen LogP contribution in [0.5, 0.6) is 0 Å². The number of aryl methyl sites for hydroxylation is 1. The van der Waals surface area contributed by atoms with E-state index >= 15 is 0 Å². The summed E-state index contributed by atoms with van der Waals surface area (Å²) in [6.45, 7) is 0. The maximum atomic E-state index is 12.2. The maximum Gasteiger partial charge on any atom is 0.182 e. The predicted molar refractivity (Wildman–Crippen MR) is 64.8 cm³/mol. The molecule has 0 aliphatic heterocycles. The Morgan fingerprint density at radius 2 is 2.00 bits per heavy atom. The molecular weight excluding hydrogens is 228 g/mol. The number of nitrogens with zero attached hydrogens (tertiary/aromatic N) is 4. The van der Waals surface area contributed by atoms with E-state index < -0.39 is 0 Å². The summed E-state index contributed by atoms with van der Waals surface area (Å²) in [5.74, 6) is 0.795. The molecule has 5 nitrogen and oxygen atoms in total. The van der Waals surface area contributed by atoms with Crippen LogP contribution in [0.25, 0.3) is 0 Å². The zero-order chi connectivity index (χ0) is 12.5. The van der Waals surface area contributed by atoms with Gasteiger partial charge in [0.2, 0.25) is 0 Å². The number of carbonyl (C=O) groups is 1. The highest BCUT2D eigenvalue weighted by molar-refractivity contribution is 5.83. The molecule has 1 aromatic carbocycles. The second-order valence-electron chi connectivity index (χ2n) is 4.71. The molecule has 0 N–H and O–H groups in total. The van der Waals surface area contributed by atoms with Crippen molar-refractivity contribution in [2.45, 2.75) is 19.3 Å². The van der Waals surface area contributed by atoms with Gasteiger partial charge in [0.1, 0.15) is 5.78 Å². The summed E-state index contributed by atoms with van der Waals surface area (Å²) in [5.41, 5.74) is 2.59. The summed E-state index contributed by atoms with van der Waals surface area (Å²) in [7, 11) is 1.70. The Kier molecular flexibility index (Phi) is 2.66. The highest BCUT2D eigenvalue weighted by atomic mass is 16.1. The summed E-state index contributed by atoms with van der Waals surface area (Å²) >= 11 is 0. The van der Waals surface area contributed by atoms with E-state index in [-0.39, 0.29) is 18.1 Å². The standard InChI is InChI=1S/C13H14N4O/c1-17-15-13(14-16-17)8-12(18)11-6-9-4-2-3-5-10(9)7-11/h2-5,11H,6-8H2,1H3. The van der Waals surface area contributed by atoms with Crippen molar-refractivity contribution in [2.75, 3.05) is 0 Å². The normalized spacial score (nSPS) is 14.7. The predicted octanol–water partition coefficient (Wildman–Crippen LogP) is 0.737. The second-order valence-corrected chi connectivity index (χ2v) is 4.71. The van der Waals surface area contributed by atoms with Crippen LogP contribution in [0.4, 0.5) is 0 Å². The molecule has 2 aromatic rings. The van der Waals surface area contributed by atoms with Gasteiger partial charge in [0.25, 0.3) is 0 Å². The molecular formula is C13H14N4O. The molecule has 0 saturated carbocycles. The molecule has 0 spiro atoms. The summed E-state index contributed by atoms with van der Waals surface area (Å²) in [6.07, 6.45) is 1.97. The minimum absolute atomic E-state index is 0.0752. The first kappa shape index (κ1) is 11.1. The lowest BCUT2D eigenvalue weighted by molar-refractivity contribution is -0.122. The number of rotatable bonds is 3. The van der Waals surface area contributed by atoms with Gasteiger partial charge < -0.3 is 0 Å². The molecule has 1 heterocycles. The molecule has 1 aliphatic rings. The third-order valence-electron chi connectivity index (χ3n) is 3.39. The molecule has 1 aromatic heterocycles. The Bertz CT molecular complexity index is 565.